The lowest BCUT2D eigenvalue weighted by Gasteiger charge is -2.17. The van der Waals surface area contributed by atoms with Crippen LogP contribution in [-0.2, 0) is 14.8 Å². The van der Waals surface area contributed by atoms with Crippen LogP contribution in [0.15, 0.2) is 18.2 Å². The minimum Gasteiger partial charge on any atom is -0.308 e. The Morgan fingerprint density at radius 2 is 2.00 bits per heavy atom. The summed E-state index contributed by atoms with van der Waals surface area (Å²) in [4.78, 5) is 12.5. The number of anilines is 1. The van der Waals surface area contributed by atoms with Gasteiger partial charge in [0.1, 0.15) is 5.25 Å². The van der Waals surface area contributed by atoms with Crippen molar-refractivity contribution in [3.8, 4) is 0 Å². The molecule has 18 heavy (non-hydrogen) atoms. The van der Waals surface area contributed by atoms with Crippen LogP contribution in [0, 0.1) is 11.6 Å². The molecule has 0 aliphatic carbocycles. The first-order valence-electron chi connectivity index (χ1n) is 5.06. The minimum absolute atomic E-state index is 0.266. The lowest BCUT2D eigenvalue weighted by molar-refractivity contribution is -0.117. The van der Waals surface area contributed by atoms with Crippen molar-refractivity contribution < 1.29 is 22.0 Å². The van der Waals surface area contributed by atoms with Gasteiger partial charge in [-0.2, -0.15) is 0 Å². The summed E-state index contributed by atoms with van der Waals surface area (Å²) in [6, 6.07) is 3.36. The van der Waals surface area contributed by atoms with Crippen molar-refractivity contribution in [2.24, 2.45) is 5.14 Å². The second kappa shape index (κ2) is 4.29. The molecule has 8 heteroatoms. The Kier molecular flexibility index (Phi) is 3.07. The first-order valence-corrected chi connectivity index (χ1v) is 6.67. The standard InChI is InChI=1S/C10H10F2N2O3S/c11-7-2-1-3-8(10(7)12)14-5-6(4-9(14)15)18(13,16)17/h1-3,6H,4-5H2,(H2,13,16,17). The molecule has 1 aliphatic heterocycles. The first-order chi connectivity index (χ1) is 8.30. The predicted octanol–water partition coefficient (Wildman–Crippen LogP) is 0.359. The van der Waals surface area contributed by atoms with E-state index in [0.717, 1.165) is 11.0 Å². The molecule has 1 atom stereocenters. The van der Waals surface area contributed by atoms with Gasteiger partial charge in [0.15, 0.2) is 11.6 Å². The van der Waals surface area contributed by atoms with Crippen LogP contribution in [0.3, 0.4) is 0 Å². The maximum absolute atomic E-state index is 13.5. The summed E-state index contributed by atoms with van der Waals surface area (Å²) in [6.45, 7) is -0.266. The Balaban J connectivity index is 2.36. The van der Waals surface area contributed by atoms with Gasteiger partial charge in [-0.3, -0.25) is 4.79 Å². The number of amides is 1. The number of primary sulfonamides is 1. The summed E-state index contributed by atoms with van der Waals surface area (Å²) in [5.74, 6) is -2.88. The average Bonchev–Trinajstić information content (AvgIpc) is 2.64. The third kappa shape index (κ3) is 2.21. The van der Waals surface area contributed by atoms with Crippen molar-refractivity contribution in [3.05, 3.63) is 29.8 Å². The number of sulfonamides is 1. The van der Waals surface area contributed by atoms with Gasteiger partial charge in [-0.1, -0.05) is 6.07 Å². The van der Waals surface area contributed by atoms with Gasteiger partial charge in [-0.15, -0.1) is 0 Å². The van der Waals surface area contributed by atoms with Crippen molar-refractivity contribution in [2.45, 2.75) is 11.7 Å². The van der Waals surface area contributed by atoms with Gasteiger partial charge in [-0.05, 0) is 12.1 Å². The molecular weight excluding hydrogens is 266 g/mol. The fraction of sp³-hybridized carbons (Fsp3) is 0.300. The molecule has 2 rings (SSSR count). The summed E-state index contributed by atoms with van der Waals surface area (Å²) in [5.41, 5.74) is -0.272. The molecule has 1 aliphatic rings. The largest absolute Gasteiger partial charge is 0.308 e. The van der Waals surface area contributed by atoms with Crippen molar-refractivity contribution in [1.82, 2.24) is 0 Å². The van der Waals surface area contributed by atoms with Gasteiger partial charge in [0.2, 0.25) is 15.9 Å². The molecule has 0 aromatic heterocycles. The van der Waals surface area contributed by atoms with Gasteiger partial charge in [0.05, 0.1) is 5.69 Å². The topological polar surface area (TPSA) is 80.5 Å². The molecule has 0 radical (unpaired) electrons. The number of rotatable bonds is 2. The molecule has 1 unspecified atom stereocenters. The smallest absolute Gasteiger partial charge is 0.228 e. The van der Waals surface area contributed by atoms with Crippen LogP contribution in [-0.4, -0.2) is 26.1 Å². The van der Waals surface area contributed by atoms with Crippen LogP contribution in [0.5, 0.6) is 0 Å². The highest BCUT2D eigenvalue weighted by Crippen LogP contribution is 2.27. The van der Waals surface area contributed by atoms with E-state index in [0.29, 0.717) is 0 Å². The lowest BCUT2D eigenvalue weighted by atomic mass is 10.2. The molecule has 1 amide bonds. The number of nitrogens with zero attached hydrogens (tertiary/aromatic N) is 1. The van der Waals surface area contributed by atoms with Crippen molar-refractivity contribution in [1.29, 1.82) is 0 Å². The molecule has 0 bridgehead atoms. The molecule has 2 N–H and O–H groups in total. The first kappa shape index (κ1) is 12.9. The monoisotopic (exact) mass is 276 g/mol. The highest BCUT2D eigenvalue weighted by atomic mass is 32.2. The summed E-state index contributed by atoms with van der Waals surface area (Å²) in [7, 11) is -3.88. The summed E-state index contributed by atoms with van der Waals surface area (Å²) < 4.78 is 48.8. The van der Waals surface area contributed by atoms with Crippen molar-refractivity contribution in [2.75, 3.05) is 11.4 Å². The maximum Gasteiger partial charge on any atom is 0.228 e. The fourth-order valence-corrected chi connectivity index (χ4v) is 2.56. The van der Waals surface area contributed by atoms with E-state index in [2.05, 4.69) is 0 Å². The Hall–Kier alpha value is -1.54. The average molecular weight is 276 g/mol. The van der Waals surface area contributed by atoms with E-state index in [1.165, 1.54) is 12.1 Å². The highest BCUT2D eigenvalue weighted by molar-refractivity contribution is 7.89. The van der Waals surface area contributed by atoms with Crippen LogP contribution in [0.4, 0.5) is 14.5 Å². The Bertz CT molecular complexity index is 603. The number of hydrogen-bond donors (Lipinski definition) is 1. The Labute approximate surface area is 102 Å². The lowest BCUT2D eigenvalue weighted by Crippen LogP contribution is -2.32. The summed E-state index contributed by atoms with van der Waals surface area (Å²) in [6.07, 6.45) is -0.325. The van der Waals surface area contributed by atoms with Gasteiger partial charge in [0.25, 0.3) is 0 Å². The number of carbonyl (C=O) groups is 1. The number of nitrogens with two attached hydrogens (primary N) is 1. The fourth-order valence-electron chi connectivity index (χ4n) is 1.83. The van der Waals surface area contributed by atoms with E-state index in [4.69, 9.17) is 5.14 Å². The molecule has 1 aromatic rings. The predicted molar refractivity (Wildman–Crippen MR) is 60.2 cm³/mol. The number of hydrogen-bond acceptors (Lipinski definition) is 3. The molecule has 1 aromatic carbocycles. The van der Waals surface area contributed by atoms with Gasteiger partial charge < -0.3 is 4.90 Å². The highest BCUT2D eigenvalue weighted by Gasteiger charge is 2.38. The zero-order chi connectivity index (χ0) is 13.5. The second-order valence-electron chi connectivity index (χ2n) is 3.99. The Morgan fingerprint density at radius 1 is 1.33 bits per heavy atom. The summed E-state index contributed by atoms with van der Waals surface area (Å²) in [5, 5.41) is 3.85. The Morgan fingerprint density at radius 3 is 2.56 bits per heavy atom. The second-order valence-corrected chi connectivity index (χ2v) is 5.84. The van der Waals surface area contributed by atoms with Crippen molar-refractivity contribution >= 4 is 21.6 Å². The van der Waals surface area contributed by atoms with Crippen LogP contribution in [0.25, 0.3) is 0 Å². The van der Waals surface area contributed by atoms with Crippen LogP contribution in [0.1, 0.15) is 6.42 Å². The molecule has 5 nitrogen and oxygen atoms in total. The summed E-state index contributed by atoms with van der Waals surface area (Å²) >= 11 is 0. The van der Waals surface area contributed by atoms with Gasteiger partial charge in [-0.25, -0.2) is 22.3 Å². The molecular formula is C10H10F2N2O3S. The van der Waals surface area contributed by atoms with Crippen LogP contribution >= 0.6 is 0 Å². The van der Waals surface area contributed by atoms with Crippen LogP contribution in [0.2, 0.25) is 0 Å². The maximum atomic E-state index is 13.5. The van der Waals surface area contributed by atoms with Gasteiger partial charge in [0, 0.05) is 13.0 Å². The van der Waals surface area contributed by atoms with E-state index < -0.39 is 32.8 Å². The SMILES string of the molecule is NS(=O)(=O)C1CC(=O)N(c2cccc(F)c2F)C1. The zero-order valence-electron chi connectivity index (χ0n) is 9.14. The normalized spacial score (nSPS) is 20.5. The van der Waals surface area contributed by atoms with E-state index in [1.807, 2.05) is 0 Å². The molecule has 98 valence electrons. The van der Waals surface area contributed by atoms with E-state index in [-0.39, 0.29) is 18.7 Å². The zero-order valence-corrected chi connectivity index (χ0v) is 9.95. The quantitative estimate of drug-likeness (QED) is 0.846. The molecule has 1 heterocycles. The number of carbonyl (C=O) groups excluding carboxylic acids is 1. The molecule has 1 fully saturated rings. The van der Waals surface area contributed by atoms with Crippen LogP contribution < -0.4 is 10.0 Å². The van der Waals surface area contributed by atoms with E-state index >= 15 is 0 Å². The van der Waals surface area contributed by atoms with E-state index in [9.17, 15) is 22.0 Å². The third-order valence-electron chi connectivity index (χ3n) is 2.78. The number of halogens is 2. The molecule has 0 saturated carbocycles. The van der Waals surface area contributed by atoms with Gasteiger partial charge >= 0.3 is 0 Å². The van der Waals surface area contributed by atoms with E-state index in [1.54, 1.807) is 0 Å². The number of benzene rings is 1. The molecule has 0 spiro atoms. The third-order valence-corrected chi connectivity index (χ3v) is 4.02. The minimum atomic E-state index is -3.88. The molecule has 1 saturated heterocycles. The van der Waals surface area contributed by atoms with Crippen molar-refractivity contribution in [3.63, 3.8) is 0 Å².